The molecule has 0 fully saturated rings. The first-order valence-corrected chi connectivity index (χ1v) is 12.3. The molecule has 2 N–H and O–H groups in total. The highest BCUT2D eigenvalue weighted by Gasteiger charge is 2.24. The molecular weight excluding hydrogens is 374 g/mol. The standard InChI is InChI=1S/C16H22BrN3O2Si/c1-23(2,3)7-6-22-10-20-9-13-15(19-20)12-5-4-11(17)8-14(12)18-16(13)21/h4-5,8,19H,6-7,9-10H2,1-3H3,(H,18,21). The van der Waals surface area contributed by atoms with E-state index in [9.17, 15) is 4.79 Å². The molecule has 1 aromatic carbocycles. The number of hydrogen-bond acceptors (Lipinski definition) is 4. The van der Waals surface area contributed by atoms with Crippen molar-refractivity contribution in [2.24, 2.45) is 0 Å². The summed E-state index contributed by atoms with van der Waals surface area (Å²) in [7, 11) is -1.07. The Morgan fingerprint density at radius 2 is 2.13 bits per heavy atom. The van der Waals surface area contributed by atoms with E-state index in [1.165, 1.54) is 0 Å². The van der Waals surface area contributed by atoms with Crippen molar-refractivity contribution < 1.29 is 4.74 Å². The fourth-order valence-electron chi connectivity index (χ4n) is 2.61. The molecule has 0 bridgehead atoms. The van der Waals surface area contributed by atoms with Crippen LogP contribution >= 0.6 is 15.9 Å². The molecule has 1 aromatic heterocycles. The Kier molecular flexibility index (Phi) is 4.64. The topological polar surface area (TPSA) is 57.4 Å². The highest BCUT2D eigenvalue weighted by Crippen LogP contribution is 2.31. The average Bonchev–Trinajstić information content (AvgIpc) is 2.87. The Bertz CT molecular complexity index is 785. The third-order valence-corrected chi connectivity index (χ3v) is 6.13. The Labute approximate surface area is 145 Å². The lowest BCUT2D eigenvalue weighted by atomic mass is 10.1. The molecule has 5 nitrogen and oxygen atoms in total. The first-order chi connectivity index (χ1) is 10.8. The normalized spacial score (nSPS) is 15.0. The number of pyridine rings is 1. The minimum atomic E-state index is -1.07. The molecule has 1 aliphatic heterocycles. The van der Waals surface area contributed by atoms with E-state index in [0.717, 1.165) is 39.3 Å². The van der Waals surface area contributed by atoms with Crippen LogP contribution in [0.2, 0.25) is 25.7 Å². The molecule has 0 saturated carbocycles. The molecule has 0 radical (unpaired) electrons. The van der Waals surface area contributed by atoms with Crippen LogP contribution in [0.1, 0.15) is 5.56 Å². The molecule has 1 aliphatic rings. The summed E-state index contributed by atoms with van der Waals surface area (Å²) in [5.74, 6) is 0. The third-order valence-electron chi connectivity index (χ3n) is 3.94. The van der Waals surface area contributed by atoms with Gasteiger partial charge in [0.15, 0.2) is 0 Å². The summed E-state index contributed by atoms with van der Waals surface area (Å²) in [6.45, 7) is 8.83. The first-order valence-electron chi connectivity index (χ1n) is 7.77. The van der Waals surface area contributed by atoms with Gasteiger partial charge in [0.05, 0.1) is 23.3 Å². The van der Waals surface area contributed by atoms with E-state index < -0.39 is 8.07 Å². The number of anilines is 1. The van der Waals surface area contributed by atoms with Crippen molar-refractivity contribution in [3.63, 3.8) is 0 Å². The van der Waals surface area contributed by atoms with Gasteiger partial charge in [-0.3, -0.25) is 4.79 Å². The second-order valence-electron chi connectivity index (χ2n) is 7.16. The van der Waals surface area contributed by atoms with Crippen molar-refractivity contribution in [1.29, 1.82) is 0 Å². The summed E-state index contributed by atoms with van der Waals surface area (Å²) < 4.78 is 6.72. The van der Waals surface area contributed by atoms with E-state index in [1.807, 2.05) is 23.2 Å². The molecule has 0 unspecified atom stereocenters. The number of aromatic amines is 1. The Morgan fingerprint density at radius 1 is 1.35 bits per heavy atom. The van der Waals surface area contributed by atoms with Gasteiger partial charge < -0.3 is 15.1 Å². The molecule has 0 saturated heterocycles. The number of fused-ring (bicyclic) bond motifs is 3. The number of rotatable bonds is 5. The Morgan fingerprint density at radius 3 is 2.87 bits per heavy atom. The van der Waals surface area contributed by atoms with Crippen molar-refractivity contribution in [2.45, 2.75) is 32.2 Å². The molecule has 3 rings (SSSR count). The van der Waals surface area contributed by atoms with Gasteiger partial charge in [-0.05, 0) is 24.2 Å². The molecule has 124 valence electrons. The lowest BCUT2D eigenvalue weighted by Crippen LogP contribution is -2.29. The van der Waals surface area contributed by atoms with Gasteiger partial charge in [-0.2, -0.15) is 5.01 Å². The molecule has 0 amide bonds. The highest BCUT2D eigenvalue weighted by molar-refractivity contribution is 9.10. The molecule has 23 heavy (non-hydrogen) atoms. The largest absolute Gasteiger partial charge is 0.365 e. The van der Waals surface area contributed by atoms with Gasteiger partial charge in [0.2, 0.25) is 0 Å². The maximum atomic E-state index is 12.3. The van der Waals surface area contributed by atoms with Gasteiger partial charge in [0, 0.05) is 24.5 Å². The first kappa shape index (κ1) is 16.7. The predicted molar refractivity (Wildman–Crippen MR) is 100 cm³/mol. The van der Waals surface area contributed by atoms with E-state index in [2.05, 4.69) is 46.0 Å². The molecular formula is C16H22BrN3O2Si. The molecule has 0 spiro atoms. The van der Waals surface area contributed by atoms with Crippen LogP contribution < -0.4 is 11.0 Å². The van der Waals surface area contributed by atoms with Gasteiger partial charge >= 0.3 is 0 Å². The number of hydrazine groups is 1. The lowest BCUT2D eigenvalue weighted by molar-refractivity contribution is 0.0501. The number of nitrogens with zero attached hydrogens (tertiary/aromatic N) is 1. The molecule has 2 aromatic rings. The minimum absolute atomic E-state index is 0.0392. The van der Waals surface area contributed by atoms with Crippen LogP contribution in [0.3, 0.4) is 0 Å². The van der Waals surface area contributed by atoms with E-state index in [0.29, 0.717) is 13.3 Å². The lowest BCUT2D eigenvalue weighted by Gasteiger charge is -2.19. The van der Waals surface area contributed by atoms with Crippen molar-refractivity contribution >= 4 is 40.6 Å². The summed E-state index contributed by atoms with van der Waals surface area (Å²) >= 11 is 3.44. The minimum Gasteiger partial charge on any atom is -0.365 e. The third kappa shape index (κ3) is 3.85. The van der Waals surface area contributed by atoms with Gasteiger partial charge in [0.25, 0.3) is 5.56 Å². The summed E-state index contributed by atoms with van der Waals surface area (Å²) in [5.41, 5.74) is 5.78. The van der Waals surface area contributed by atoms with Crippen LogP contribution in [0.25, 0.3) is 10.9 Å². The van der Waals surface area contributed by atoms with Crippen LogP contribution in [-0.4, -0.2) is 31.4 Å². The number of H-pyrrole nitrogens is 1. The number of aromatic nitrogens is 1. The van der Waals surface area contributed by atoms with Crippen LogP contribution in [0.15, 0.2) is 27.5 Å². The zero-order chi connectivity index (χ0) is 16.6. The van der Waals surface area contributed by atoms with Gasteiger partial charge in [-0.1, -0.05) is 35.6 Å². The van der Waals surface area contributed by atoms with E-state index in [4.69, 9.17) is 4.74 Å². The second-order valence-corrected chi connectivity index (χ2v) is 13.7. The number of hydrogen-bond donors (Lipinski definition) is 2. The summed E-state index contributed by atoms with van der Waals surface area (Å²) in [4.78, 5) is 15.2. The second kappa shape index (κ2) is 6.39. The maximum Gasteiger partial charge on any atom is 0.255 e. The fraction of sp³-hybridized carbons (Fsp3) is 0.438. The van der Waals surface area contributed by atoms with Crippen molar-refractivity contribution in [2.75, 3.05) is 18.8 Å². The molecule has 7 heteroatoms. The zero-order valence-corrected chi connectivity index (χ0v) is 16.3. The maximum absolute atomic E-state index is 12.3. The van der Waals surface area contributed by atoms with Crippen molar-refractivity contribution in [3.05, 3.63) is 38.6 Å². The van der Waals surface area contributed by atoms with Crippen LogP contribution in [0, 0.1) is 0 Å². The van der Waals surface area contributed by atoms with Crippen LogP contribution in [0.5, 0.6) is 0 Å². The summed E-state index contributed by atoms with van der Waals surface area (Å²) in [6.07, 6.45) is 0. The average molecular weight is 396 g/mol. The van der Waals surface area contributed by atoms with Gasteiger partial charge in [0.1, 0.15) is 6.73 Å². The molecule has 2 heterocycles. The fourth-order valence-corrected chi connectivity index (χ4v) is 3.73. The summed E-state index contributed by atoms with van der Waals surface area (Å²) in [5, 5.41) is 2.97. The molecule has 0 aliphatic carbocycles. The number of halogens is 1. The summed E-state index contributed by atoms with van der Waals surface area (Å²) in [6, 6.07) is 7.06. The van der Waals surface area contributed by atoms with Crippen LogP contribution in [0.4, 0.5) is 5.69 Å². The van der Waals surface area contributed by atoms with E-state index in [1.54, 1.807) is 0 Å². The number of benzene rings is 1. The quantitative estimate of drug-likeness (QED) is 0.597. The van der Waals surface area contributed by atoms with Crippen molar-refractivity contribution in [3.8, 4) is 0 Å². The number of nitrogens with one attached hydrogen (secondary N) is 2. The van der Waals surface area contributed by atoms with Crippen LogP contribution in [-0.2, 0) is 11.3 Å². The number of ether oxygens (including phenoxy) is 1. The van der Waals surface area contributed by atoms with Gasteiger partial charge in [-0.25, -0.2) is 0 Å². The van der Waals surface area contributed by atoms with E-state index >= 15 is 0 Å². The monoisotopic (exact) mass is 395 g/mol. The molecule has 0 atom stereocenters. The predicted octanol–water partition coefficient (Wildman–Crippen LogP) is 3.75. The SMILES string of the molecule is C[Si](C)(C)CCOCN1Cc2c(c3ccc(Br)cc3[nH]c2=O)N1. The highest BCUT2D eigenvalue weighted by atomic mass is 79.9. The van der Waals surface area contributed by atoms with Crippen molar-refractivity contribution in [1.82, 2.24) is 9.99 Å². The van der Waals surface area contributed by atoms with E-state index in [-0.39, 0.29) is 5.56 Å². The Hall–Kier alpha value is -1.15. The Balaban J connectivity index is 1.72. The van der Waals surface area contributed by atoms with Gasteiger partial charge in [-0.15, -0.1) is 0 Å². The zero-order valence-electron chi connectivity index (χ0n) is 13.7. The smallest absolute Gasteiger partial charge is 0.255 e.